The Bertz CT molecular complexity index is 596. The zero-order chi connectivity index (χ0) is 17.5. The van der Waals surface area contributed by atoms with Gasteiger partial charge in [-0.3, -0.25) is 14.5 Å². The highest BCUT2D eigenvalue weighted by molar-refractivity contribution is 5.89. The Morgan fingerprint density at radius 2 is 1.75 bits per heavy atom. The van der Waals surface area contributed by atoms with E-state index in [2.05, 4.69) is 15.4 Å². The smallest absolute Gasteiger partial charge is 0.337 e. The third kappa shape index (κ3) is 6.00. The van der Waals surface area contributed by atoms with Crippen molar-refractivity contribution < 1.29 is 19.1 Å². The van der Waals surface area contributed by atoms with Gasteiger partial charge in [0.25, 0.3) is 0 Å². The lowest BCUT2D eigenvalue weighted by Crippen LogP contribution is -2.41. The number of nitrogens with one attached hydrogen (secondary N) is 2. The Balaban J connectivity index is 1.69. The average Bonchev–Trinajstić information content (AvgIpc) is 3.36. The summed E-state index contributed by atoms with van der Waals surface area (Å²) in [6, 6.07) is 7.16. The van der Waals surface area contributed by atoms with E-state index < -0.39 is 5.97 Å². The second-order valence-corrected chi connectivity index (χ2v) is 5.98. The number of hydrogen-bond acceptors (Lipinski definition) is 5. The summed E-state index contributed by atoms with van der Waals surface area (Å²) in [5.74, 6) is -0.600. The molecule has 0 heterocycles. The molecule has 0 saturated heterocycles. The van der Waals surface area contributed by atoms with Gasteiger partial charge in [0.1, 0.15) is 0 Å². The standard InChI is InChI=1S/C17H23N3O4/c1-20(11-16(22)19-14-7-8-14)10-15(21)18-9-12-3-5-13(6-4-12)17(23)24-2/h3-6,14H,7-11H2,1-2H3,(H,18,21)(H,19,22). The number of ether oxygens (including phenoxy) is 1. The normalized spacial score (nSPS) is 13.5. The molecule has 0 aliphatic heterocycles. The van der Waals surface area contributed by atoms with Crippen LogP contribution in [0.5, 0.6) is 0 Å². The fourth-order valence-electron chi connectivity index (χ4n) is 2.18. The highest BCUT2D eigenvalue weighted by Gasteiger charge is 2.23. The maximum absolute atomic E-state index is 11.9. The summed E-state index contributed by atoms with van der Waals surface area (Å²) in [5.41, 5.74) is 1.35. The van der Waals surface area contributed by atoms with Crippen LogP contribution < -0.4 is 10.6 Å². The number of amides is 2. The monoisotopic (exact) mass is 333 g/mol. The van der Waals surface area contributed by atoms with Gasteiger partial charge in [0.2, 0.25) is 11.8 Å². The van der Waals surface area contributed by atoms with Gasteiger partial charge in [-0.2, -0.15) is 0 Å². The van der Waals surface area contributed by atoms with Crippen LogP contribution in [0.25, 0.3) is 0 Å². The van der Waals surface area contributed by atoms with E-state index in [1.54, 1.807) is 36.2 Å². The summed E-state index contributed by atoms with van der Waals surface area (Å²) in [6.07, 6.45) is 2.09. The predicted molar refractivity (Wildman–Crippen MR) is 88.3 cm³/mol. The Morgan fingerprint density at radius 3 is 2.33 bits per heavy atom. The molecule has 1 aromatic rings. The molecule has 0 unspecified atom stereocenters. The van der Waals surface area contributed by atoms with Crippen LogP contribution in [0.15, 0.2) is 24.3 Å². The summed E-state index contributed by atoms with van der Waals surface area (Å²) < 4.78 is 4.63. The lowest BCUT2D eigenvalue weighted by molar-refractivity contribution is -0.124. The van der Waals surface area contributed by atoms with E-state index in [1.807, 2.05) is 0 Å². The number of carbonyl (C=O) groups is 3. The van der Waals surface area contributed by atoms with Gasteiger partial charge in [-0.15, -0.1) is 0 Å². The summed E-state index contributed by atoms with van der Waals surface area (Å²) in [5, 5.41) is 5.68. The SMILES string of the molecule is COC(=O)c1ccc(CNC(=O)CN(C)CC(=O)NC2CC2)cc1. The maximum Gasteiger partial charge on any atom is 0.337 e. The van der Waals surface area contributed by atoms with Crippen LogP contribution in [0, 0.1) is 0 Å². The number of hydrogen-bond donors (Lipinski definition) is 2. The first kappa shape index (κ1) is 17.9. The molecule has 2 rings (SSSR count). The third-order valence-electron chi connectivity index (χ3n) is 3.63. The van der Waals surface area contributed by atoms with Crippen molar-refractivity contribution in [3.63, 3.8) is 0 Å². The first-order valence-electron chi connectivity index (χ1n) is 7.90. The molecule has 2 N–H and O–H groups in total. The number of rotatable bonds is 8. The first-order chi connectivity index (χ1) is 11.5. The maximum atomic E-state index is 11.9. The molecule has 1 aromatic carbocycles. The lowest BCUT2D eigenvalue weighted by atomic mass is 10.1. The molecule has 7 heteroatoms. The molecule has 1 aliphatic carbocycles. The molecule has 0 bridgehead atoms. The van der Waals surface area contributed by atoms with Crippen molar-refractivity contribution in [2.24, 2.45) is 0 Å². The van der Waals surface area contributed by atoms with E-state index in [4.69, 9.17) is 0 Å². The molecule has 1 saturated carbocycles. The fourth-order valence-corrected chi connectivity index (χ4v) is 2.18. The van der Waals surface area contributed by atoms with E-state index >= 15 is 0 Å². The number of nitrogens with zero attached hydrogens (tertiary/aromatic N) is 1. The second-order valence-electron chi connectivity index (χ2n) is 5.98. The van der Waals surface area contributed by atoms with E-state index in [9.17, 15) is 14.4 Å². The van der Waals surface area contributed by atoms with Crippen LogP contribution in [0.4, 0.5) is 0 Å². The Morgan fingerprint density at radius 1 is 1.12 bits per heavy atom. The van der Waals surface area contributed by atoms with E-state index in [0.717, 1.165) is 18.4 Å². The zero-order valence-corrected chi connectivity index (χ0v) is 14.0. The molecular formula is C17H23N3O4. The van der Waals surface area contributed by atoms with Gasteiger partial charge < -0.3 is 15.4 Å². The van der Waals surface area contributed by atoms with Crippen LogP contribution in [-0.4, -0.2) is 56.0 Å². The molecule has 1 aliphatic rings. The fraction of sp³-hybridized carbons (Fsp3) is 0.471. The van der Waals surface area contributed by atoms with Crippen LogP contribution in [0.3, 0.4) is 0 Å². The molecule has 0 atom stereocenters. The van der Waals surface area contributed by atoms with Crippen molar-refractivity contribution in [3.8, 4) is 0 Å². The summed E-state index contributed by atoms with van der Waals surface area (Å²) in [4.78, 5) is 36.6. The van der Waals surface area contributed by atoms with Crippen molar-refractivity contribution in [3.05, 3.63) is 35.4 Å². The molecule has 7 nitrogen and oxygen atoms in total. The molecule has 0 aromatic heterocycles. The summed E-state index contributed by atoms with van der Waals surface area (Å²) in [6.45, 7) is 0.721. The largest absolute Gasteiger partial charge is 0.465 e. The number of benzene rings is 1. The van der Waals surface area contributed by atoms with Gasteiger partial charge in [0.15, 0.2) is 0 Å². The topological polar surface area (TPSA) is 87.7 Å². The molecule has 0 spiro atoms. The van der Waals surface area contributed by atoms with E-state index in [1.165, 1.54) is 7.11 Å². The van der Waals surface area contributed by atoms with E-state index in [-0.39, 0.29) is 24.9 Å². The van der Waals surface area contributed by atoms with Gasteiger partial charge in [-0.05, 0) is 37.6 Å². The van der Waals surface area contributed by atoms with Crippen molar-refractivity contribution >= 4 is 17.8 Å². The van der Waals surface area contributed by atoms with Crippen LogP contribution in [0.1, 0.15) is 28.8 Å². The highest BCUT2D eigenvalue weighted by Crippen LogP contribution is 2.18. The van der Waals surface area contributed by atoms with Crippen LogP contribution >= 0.6 is 0 Å². The first-order valence-corrected chi connectivity index (χ1v) is 7.90. The second kappa shape index (κ2) is 8.44. The molecule has 2 amide bonds. The highest BCUT2D eigenvalue weighted by atomic mass is 16.5. The number of likely N-dealkylation sites (N-methyl/N-ethyl adjacent to an activating group) is 1. The van der Waals surface area contributed by atoms with Gasteiger partial charge >= 0.3 is 5.97 Å². The molecule has 24 heavy (non-hydrogen) atoms. The average molecular weight is 333 g/mol. The quantitative estimate of drug-likeness (QED) is 0.668. The van der Waals surface area contributed by atoms with E-state index in [0.29, 0.717) is 18.2 Å². The Hall–Kier alpha value is -2.41. The van der Waals surface area contributed by atoms with Crippen LogP contribution in [-0.2, 0) is 20.9 Å². The van der Waals surface area contributed by atoms with Crippen molar-refractivity contribution in [2.45, 2.75) is 25.4 Å². The lowest BCUT2D eigenvalue weighted by Gasteiger charge is -2.16. The molecule has 130 valence electrons. The number of methoxy groups -OCH3 is 1. The van der Waals surface area contributed by atoms with Gasteiger partial charge in [0.05, 0.1) is 25.8 Å². The van der Waals surface area contributed by atoms with Gasteiger partial charge in [0, 0.05) is 12.6 Å². The van der Waals surface area contributed by atoms with Crippen molar-refractivity contribution in [2.75, 3.05) is 27.2 Å². The Labute approximate surface area is 141 Å². The molecule has 0 radical (unpaired) electrons. The zero-order valence-electron chi connectivity index (χ0n) is 14.0. The predicted octanol–water partition coefficient (Wildman–Crippen LogP) is 0.300. The summed E-state index contributed by atoms with van der Waals surface area (Å²) >= 11 is 0. The Kier molecular flexibility index (Phi) is 6.31. The minimum atomic E-state index is -0.392. The van der Waals surface area contributed by atoms with Gasteiger partial charge in [-0.1, -0.05) is 12.1 Å². The molecular weight excluding hydrogens is 310 g/mol. The minimum absolute atomic E-state index is 0.0498. The molecule has 1 fully saturated rings. The van der Waals surface area contributed by atoms with Crippen LogP contribution in [0.2, 0.25) is 0 Å². The minimum Gasteiger partial charge on any atom is -0.465 e. The summed E-state index contributed by atoms with van der Waals surface area (Å²) in [7, 11) is 3.06. The number of carbonyl (C=O) groups excluding carboxylic acids is 3. The van der Waals surface area contributed by atoms with Gasteiger partial charge in [-0.25, -0.2) is 4.79 Å². The van der Waals surface area contributed by atoms with Crippen molar-refractivity contribution in [1.29, 1.82) is 0 Å². The third-order valence-corrected chi connectivity index (χ3v) is 3.63. The van der Waals surface area contributed by atoms with Crippen molar-refractivity contribution in [1.82, 2.24) is 15.5 Å². The number of esters is 1.